The number of fused-ring (bicyclic) bond motifs is 2. The van der Waals surface area contributed by atoms with Crippen LogP contribution in [0.2, 0.25) is 0 Å². The van der Waals surface area contributed by atoms with Gasteiger partial charge in [0.1, 0.15) is 29.8 Å². The normalized spacial score (nSPS) is 21.9. The van der Waals surface area contributed by atoms with Crippen molar-refractivity contribution >= 4 is 29.3 Å². The number of esters is 1. The van der Waals surface area contributed by atoms with Crippen molar-refractivity contribution in [2.45, 2.75) is 51.4 Å². The van der Waals surface area contributed by atoms with Gasteiger partial charge in [0.25, 0.3) is 5.91 Å². The van der Waals surface area contributed by atoms with Crippen molar-refractivity contribution in [3.8, 4) is 5.75 Å². The van der Waals surface area contributed by atoms with Crippen LogP contribution in [0, 0.1) is 13.8 Å². The average molecular weight is 472 g/mol. The molecule has 3 heterocycles. The minimum Gasteiger partial charge on any atom is -0.490 e. The van der Waals surface area contributed by atoms with Crippen LogP contribution < -0.4 is 15.4 Å². The summed E-state index contributed by atoms with van der Waals surface area (Å²) in [5.74, 6) is 0.317. The number of aryl methyl sites for hydroxylation is 2. The number of benzene rings is 1. The van der Waals surface area contributed by atoms with Gasteiger partial charge >= 0.3 is 12.0 Å². The molecule has 182 valence electrons. The third kappa shape index (κ3) is 4.84. The van der Waals surface area contributed by atoms with E-state index in [1.807, 2.05) is 0 Å². The van der Waals surface area contributed by atoms with Crippen LogP contribution in [-0.4, -0.2) is 67.0 Å². The second-order valence-corrected chi connectivity index (χ2v) is 8.44. The van der Waals surface area contributed by atoms with Gasteiger partial charge in [-0.1, -0.05) is 5.16 Å². The van der Waals surface area contributed by atoms with Crippen LogP contribution in [0.1, 0.15) is 41.1 Å². The molecular formula is C23H28N4O7. The fraction of sp³-hybridized carbons (Fsp3) is 0.478. The van der Waals surface area contributed by atoms with Gasteiger partial charge in [-0.05, 0) is 44.9 Å². The third-order valence-electron chi connectivity index (χ3n) is 6.16. The minimum atomic E-state index is -0.487. The number of amides is 3. The zero-order valence-corrected chi connectivity index (χ0v) is 19.5. The number of urea groups is 1. The summed E-state index contributed by atoms with van der Waals surface area (Å²) in [4.78, 5) is 39.1. The molecule has 34 heavy (non-hydrogen) atoms. The Labute approximate surface area is 196 Å². The van der Waals surface area contributed by atoms with Crippen molar-refractivity contribution in [2.24, 2.45) is 0 Å². The van der Waals surface area contributed by atoms with Crippen molar-refractivity contribution < 1.29 is 33.1 Å². The topological polar surface area (TPSA) is 132 Å². The Balaban J connectivity index is 1.48. The number of anilines is 2. The molecule has 2 aliphatic rings. The zero-order valence-electron chi connectivity index (χ0n) is 19.5. The van der Waals surface area contributed by atoms with E-state index >= 15 is 0 Å². The van der Waals surface area contributed by atoms with E-state index in [1.54, 1.807) is 44.0 Å². The van der Waals surface area contributed by atoms with Crippen LogP contribution in [-0.2, 0) is 14.3 Å². The maximum absolute atomic E-state index is 13.3. The van der Waals surface area contributed by atoms with Gasteiger partial charge in [0, 0.05) is 12.7 Å². The Morgan fingerprint density at radius 2 is 2.03 bits per heavy atom. The number of nitrogens with one attached hydrogen (secondary N) is 2. The molecule has 1 aromatic carbocycles. The summed E-state index contributed by atoms with van der Waals surface area (Å²) in [7, 11) is 3.07. The molecule has 11 heteroatoms. The maximum atomic E-state index is 13.3. The van der Waals surface area contributed by atoms with E-state index in [2.05, 4.69) is 15.8 Å². The number of hydrogen-bond acceptors (Lipinski definition) is 8. The smallest absolute Gasteiger partial charge is 0.323 e. The number of methoxy groups -OCH3 is 1. The van der Waals surface area contributed by atoms with Gasteiger partial charge in [-0.25, -0.2) is 4.79 Å². The van der Waals surface area contributed by atoms with Crippen LogP contribution in [0.15, 0.2) is 22.7 Å². The Kier molecular flexibility index (Phi) is 6.73. The standard InChI is InChI=1S/C23H28N4O7/c1-12-21(13(2)34-26-12)25-23(30)24-14-5-8-18-16(9-14)22(29)27(3)17-7-6-15(10-20(28)31-4)33-19(17)11-32-18/h5,8-9,15,17,19H,6-7,10-11H2,1-4H3,(H2,24,25,30)/t15-,17-,19-/m1/s1. The number of ether oxygens (including phenoxy) is 3. The predicted octanol–water partition coefficient (Wildman–Crippen LogP) is 2.88. The highest BCUT2D eigenvalue weighted by atomic mass is 16.6. The highest BCUT2D eigenvalue weighted by molar-refractivity contribution is 6.03. The van der Waals surface area contributed by atoms with Gasteiger partial charge < -0.3 is 34.3 Å². The number of carbonyl (C=O) groups is 3. The fourth-order valence-corrected chi connectivity index (χ4v) is 4.31. The Morgan fingerprint density at radius 1 is 1.24 bits per heavy atom. The zero-order chi connectivity index (χ0) is 24.4. The quantitative estimate of drug-likeness (QED) is 0.649. The lowest BCUT2D eigenvalue weighted by Gasteiger charge is -2.42. The van der Waals surface area contributed by atoms with Gasteiger partial charge in [0.15, 0.2) is 5.76 Å². The molecule has 0 aliphatic carbocycles. The molecule has 3 atom stereocenters. The molecule has 0 unspecified atom stereocenters. The molecular weight excluding hydrogens is 444 g/mol. The van der Waals surface area contributed by atoms with Crippen LogP contribution in [0.5, 0.6) is 5.75 Å². The fourth-order valence-electron chi connectivity index (χ4n) is 4.31. The van der Waals surface area contributed by atoms with Crippen molar-refractivity contribution in [3.05, 3.63) is 35.2 Å². The summed E-state index contributed by atoms with van der Waals surface area (Å²) in [6.07, 6.45) is 0.820. The van der Waals surface area contributed by atoms with E-state index < -0.39 is 6.03 Å². The van der Waals surface area contributed by atoms with Crippen molar-refractivity contribution in [1.82, 2.24) is 10.1 Å². The number of hydrogen-bond donors (Lipinski definition) is 2. The molecule has 0 bridgehead atoms. The van der Waals surface area contributed by atoms with Crippen LogP contribution in [0.3, 0.4) is 0 Å². The van der Waals surface area contributed by atoms with Gasteiger partial charge in [-0.3, -0.25) is 9.59 Å². The van der Waals surface area contributed by atoms with Crippen LogP contribution >= 0.6 is 0 Å². The first-order chi connectivity index (χ1) is 16.3. The first-order valence-electron chi connectivity index (χ1n) is 11.0. The Morgan fingerprint density at radius 3 is 2.74 bits per heavy atom. The SMILES string of the molecule is COC(=O)C[C@H]1CC[C@@H]2[C@@H](COc3ccc(NC(=O)Nc4c(C)noc4C)cc3C(=O)N2C)O1. The lowest BCUT2D eigenvalue weighted by atomic mass is 9.94. The molecule has 1 fully saturated rings. The molecule has 0 radical (unpaired) electrons. The van der Waals surface area contributed by atoms with E-state index in [4.69, 9.17) is 18.7 Å². The predicted molar refractivity (Wildman–Crippen MR) is 121 cm³/mol. The van der Waals surface area contributed by atoms with E-state index in [1.165, 1.54) is 7.11 Å². The maximum Gasteiger partial charge on any atom is 0.323 e. The van der Waals surface area contributed by atoms with E-state index in [0.717, 1.165) is 0 Å². The molecule has 2 aromatic rings. The Hall–Kier alpha value is -3.60. The van der Waals surface area contributed by atoms with Gasteiger partial charge in [-0.2, -0.15) is 0 Å². The van der Waals surface area contributed by atoms with Crippen molar-refractivity contribution in [3.63, 3.8) is 0 Å². The third-order valence-corrected chi connectivity index (χ3v) is 6.16. The molecule has 2 N–H and O–H groups in total. The Bertz CT molecular complexity index is 1080. The summed E-state index contributed by atoms with van der Waals surface area (Å²) in [5, 5.41) is 9.24. The molecule has 4 rings (SSSR count). The highest BCUT2D eigenvalue weighted by Gasteiger charge is 2.39. The number of carbonyl (C=O) groups excluding carboxylic acids is 3. The van der Waals surface area contributed by atoms with Crippen molar-refractivity contribution in [1.29, 1.82) is 0 Å². The minimum absolute atomic E-state index is 0.166. The van der Waals surface area contributed by atoms with Gasteiger partial charge in [0.05, 0.1) is 31.2 Å². The second-order valence-electron chi connectivity index (χ2n) is 8.44. The van der Waals surface area contributed by atoms with Gasteiger partial charge in [0.2, 0.25) is 0 Å². The summed E-state index contributed by atoms with van der Waals surface area (Å²) in [6, 6.07) is 4.19. The van der Waals surface area contributed by atoms with E-state index in [9.17, 15) is 14.4 Å². The molecule has 1 saturated heterocycles. The van der Waals surface area contributed by atoms with Crippen LogP contribution in [0.4, 0.5) is 16.2 Å². The summed E-state index contributed by atoms with van der Waals surface area (Å²) in [5.41, 5.74) is 1.84. The van der Waals surface area contributed by atoms with E-state index in [-0.39, 0.29) is 43.2 Å². The lowest BCUT2D eigenvalue weighted by molar-refractivity contribution is -0.151. The lowest BCUT2D eigenvalue weighted by Crippen LogP contribution is -2.53. The monoisotopic (exact) mass is 472 g/mol. The largest absolute Gasteiger partial charge is 0.490 e. The number of likely N-dealkylation sites (N-methyl/N-ethyl adjacent to an activating group) is 1. The second kappa shape index (κ2) is 9.72. The first-order valence-corrected chi connectivity index (χ1v) is 11.0. The first kappa shape index (κ1) is 23.6. The molecule has 11 nitrogen and oxygen atoms in total. The van der Waals surface area contributed by atoms with Crippen molar-refractivity contribution in [2.75, 3.05) is 31.4 Å². The summed E-state index contributed by atoms with van der Waals surface area (Å²) < 4.78 is 21.8. The van der Waals surface area contributed by atoms with Crippen LogP contribution in [0.25, 0.3) is 0 Å². The number of nitrogens with zero attached hydrogens (tertiary/aromatic N) is 2. The number of rotatable bonds is 4. The van der Waals surface area contributed by atoms with Gasteiger partial charge in [-0.15, -0.1) is 0 Å². The molecule has 1 aromatic heterocycles. The highest BCUT2D eigenvalue weighted by Crippen LogP contribution is 2.32. The molecule has 2 aliphatic heterocycles. The molecule has 3 amide bonds. The molecule has 0 spiro atoms. The number of aromatic nitrogens is 1. The molecule has 0 saturated carbocycles. The average Bonchev–Trinajstić information content (AvgIpc) is 3.13. The summed E-state index contributed by atoms with van der Waals surface area (Å²) in [6.45, 7) is 3.65. The summed E-state index contributed by atoms with van der Waals surface area (Å²) >= 11 is 0. The van der Waals surface area contributed by atoms with E-state index in [0.29, 0.717) is 47.0 Å².